The third kappa shape index (κ3) is 5.02. The number of hydrogen-bond acceptors (Lipinski definition) is 6. The number of nitrogens with one attached hydrogen (secondary N) is 1. The Morgan fingerprint density at radius 3 is 2.42 bits per heavy atom. The maximum Gasteiger partial charge on any atom is 0.260 e. The lowest BCUT2D eigenvalue weighted by molar-refractivity contribution is -0.135. The summed E-state index contributed by atoms with van der Waals surface area (Å²) in [5.41, 5.74) is 5.64. The van der Waals surface area contributed by atoms with Gasteiger partial charge in [0.15, 0.2) is 5.82 Å². The monoisotopic (exact) mass is 503 g/mol. The molecule has 1 aliphatic heterocycles. The van der Waals surface area contributed by atoms with Crippen molar-refractivity contribution in [2.24, 2.45) is 0 Å². The molecule has 0 saturated heterocycles. The van der Waals surface area contributed by atoms with Gasteiger partial charge < -0.3 is 14.7 Å². The van der Waals surface area contributed by atoms with Gasteiger partial charge in [0.2, 0.25) is 0 Å². The molecule has 1 N–H and O–H groups in total. The number of carbonyl (C=O) groups is 1. The van der Waals surface area contributed by atoms with Crippen LogP contribution in [0.5, 0.6) is 0 Å². The fourth-order valence-corrected chi connectivity index (χ4v) is 4.86. The Kier molecular flexibility index (Phi) is 7.79. The van der Waals surface area contributed by atoms with Gasteiger partial charge in [0.05, 0.1) is 5.57 Å². The lowest BCUT2D eigenvalue weighted by Crippen LogP contribution is -2.54. The molecule has 1 atom stereocenters. The molecular weight excluding hydrogens is 470 g/mol. The number of amides is 1. The molecule has 0 aliphatic carbocycles. The molecular formula is C27H33N7OS. The Hall–Kier alpha value is -3.59. The second-order valence-electron chi connectivity index (χ2n) is 9.32. The van der Waals surface area contributed by atoms with Crippen LogP contribution in [0.25, 0.3) is 22.5 Å². The van der Waals surface area contributed by atoms with E-state index in [1.54, 1.807) is 0 Å². The summed E-state index contributed by atoms with van der Waals surface area (Å²) in [5, 5.41) is 14.3. The second kappa shape index (κ2) is 11.0. The number of likely N-dealkylation sites (N-methyl/N-ethyl adjacent to an activating group) is 1. The number of aromatic nitrogens is 4. The van der Waals surface area contributed by atoms with Crippen molar-refractivity contribution in [3.8, 4) is 22.5 Å². The number of allylic oxidation sites excluding steroid dienone is 1. The SMILES string of the molecule is CCCCC1N(C)C(C)=C(C(=S)N(C)C)C(=O)N1Cc1ccc(-c2ccccc2-c2nnn[nH]2)cc1. The lowest BCUT2D eigenvalue weighted by atomic mass is 9.97. The number of thiocarbonyl (C=S) groups is 1. The number of carbonyl (C=O) groups excluding carboxylic acids is 1. The molecule has 1 amide bonds. The summed E-state index contributed by atoms with van der Waals surface area (Å²) in [6.07, 6.45) is 3.03. The third-order valence-electron chi connectivity index (χ3n) is 6.75. The first kappa shape index (κ1) is 25.5. The standard InChI is InChI=1S/C27H33N7OS/c1-6-7-12-23-33(5)18(2)24(27(36)32(3)4)26(35)34(23)17-19-13-15-20(16-14-19)21-10-8-9-11-22(21)25-28-30-31-29-25/h8-11,13-16,23H,6-7,12,17H2,1-5H3,(H,28,29,30,31). The molecule has 0 fully saturated rings. The molecule has 0 radical (unpaired) electrons. The quantitative estimate of drug-likeness (QED) is 0.454. The van der Waals surface area contributed by atoms with Crippen LogP contribution in [0.3, 0.4) is 0 Å². The van der Waals surface area contributed by atoms with Gasteiger partial charge in [0, 0.05) is 38.9 Å². The highest BCUT2D eigenvalue weighted by atomic mass is 32.1. The Balaban J connectivity index is 1.64. The molecule has 8 nitrogen and oxygen atoms in total. The molecule has 0 bridgehead atoms. The van der Waals surface area contributed by atoms with Crippen molar-refractivity contribution in [2.45, 2.75) is 45.8 Å². The second-order valence-corrected chi connectivity index (χ2v) is 9.71. The molecule has 9 heteroatoms. The van der Waals surface area contributed by atoms with Gasteiger partial charge in [-0.1, -0.05) is 74.1 Å². The molecule has 0 spiro atoms. The van der Waals surface area contributed by atoms with E-state index >= 15 is 0 Å². The summed E-state index contributed by atoms with van der Waals surface area (Å²) in [4.78, 5) is 20.4. The maximum atomic E-state index is 13.8. The lowest BCUT2D eigenvalue weighted by Gasteiger charge is -2.45. The van der Waals surface area contributed by atoms with E-state index in [0.717, 1.165) is 47.2 Å². The van der Waals surface area contributed by atoms with E-state index in [9.17, 15) is 4.79 Å². The molecule has 1 aliphatic rings. The maximum absolute atomic E-state index is 13.8. The van der Waals surface area contributed by atoms with E-state index in [2.05, 4.69) is 69.8 Å². The van der Waals surface area contributed by atoms with Crippen molar-refractivity contribution in [2.75, 3.05) is 21.1 Å². The number of benzene rings is 2. The van der Waals surface area contributed by atoms with Crippen molar-refractivity contribution in [3.05, 3.63) is 65.4 Å². The van der Waals surface area contributed by atoms with Gasteiger partial charge in [-0.25, -0.2) is 5.10 Å². The summed E-state index contributed by atoms with van der Waals surface area (Å²) >= 11 is 5.64. The summed E-state index contributed by atoms with van der Waals surface area (Å²) in [6.45, 7) is 4.68. The Labute approximate surface area is 218 Å². The minimum absolute atomic E-state index is 0.00218. The topological polar surface area (TPSA) is 81.2 Å². The molecule has 1 aromatic heterocycles. The van der Waals surface area contributed by atoms with Crippen LogP contribution in [-0.2, 0) is 11.3 Å². The Morgan fingerprint density at radius 2 is 1.81 bits per heavy atom. The number of nitrogens with zero attached hydrogens (tertiary/aromatic N) is 6. The summed E-state index contributed by atoms with van der Waals surface area (Å²) in [5.74, 6) is 0.625. The summed E-state index contributed by atoms with van der Waals surface area (Å²) in [6, 6.07) is 16.4. The number of tetrazole rings is 1. The molecule has 4 rings (SSSR count). The third-order valence-corrected chi connectivity index (χ3v) is 7.32. The van der Waals surface area contributed by atoms with Gasteiger partial charge in [-0.3, -0.25) is 4.79 Å². The number of H-pyrrole nitrogens is 1. The molecule has 0 saturated carbocycles. The van der Waals surface area contributed by atoms with Gasteiger partial charge in [-0.05, 0) is 46.9 Å². The predicted octanol–water partition coefficient (Wildman–Crippen LogP) is 4.49. The fourth-order valence-electron chi connectivity index (χ4n) is 4.63. The zero-order chi connectivity index (χ0) is 25.8. The number of rotatable bonds is 8. The molecule has 2 aromatic carbocycles. The zero-order valence-electron chi connectivity index (χ0n) is 21.5. The van der Waals surface area contributed by atoms with Gasteiger partial charge in [-0.15, -0.1) is 5.10 Å². The van der Waals surface area contributed by atoms with E-state index in [1.165, 1.54) is 0 Å². The average molecular weight is 504 g/mol. The summed E-state index contributed by atoms with van der Waals surface area (Å²) < 4.78 is 0. The highest BCUT2D eigenvalue weighted by Gasteiger charge is 2.37. The van der Waals surface area contributed by atoms with Crippen LogP contribution in [-0.4, -0.2) is 73.5 Å². The minimum Gasteiger partial charge on any atom is -0.368 e. The van der Waals surface area contributed by atoms with Crippen LogP contribution < -0.4 is 0 Å². The van der Waals surface area contributed by atoms with Crippen LogP contribution in [0.2, 0.25) is 0 Å². The van der Waals surface area contributed by atoms with E-state index in [4.69, 9.17) is 12.2 Å². The normalized spacial score (nSPS) is 16.0. The first-order chi connectivity index (χ1) is 17.3. The number of aromatic amines is 1. The largest absolute Gasteiger partial charge is 0.368 e. The highest BCUT2D eigenvalue weighted by molar-refractivity contribution is 7.80. The van der Waals surface area contributed by atoms with Crippen LogP contribution >= 0.6 is 12.2 Å². The van der Waals surface area contributed by atoms with Gasteiger partial charge in [-0.2, -0.15) is 0 Å². The fraction of sp³-hybridized carbons (Fsp3) is 0.370. The van der Waals surface area contributed by atoms with Gasteiger partial charge in [0.1, 0.15) is 11.2 Å². The van der Waals surface area contributed by atoms with E-state index in [1.807, 2.05) is 49.0 Å². The summed E-state index contributed by atoms with van der Waals surface area (Å²) in [7, 11) is 5.83. The smallest absolute Gasteiger partial charge is 0.260 e. The first-order valence-electron chi connectivity index (χ1n) is 12.2. The Morgan fingerprint density at radius 1 is 1.11 bits per heavy atom. The minimum atomic E-state index is -0.00878. The molecule has 36 heavy (non-hydrogen) atoms. The van der Waals surface area contributed by atoms with E-state index < -0.39 is 0 Å². The Bertz CT molecular complexity index is 1250. The van der Waals surface area contributed by atoms with Crippen LogP contribution in [0, 0.1) is 0 Å². The highest BCUT2D eigenvalue weighted by Crippen LogP contribution is 2.32. The number of unbranched alkanes of at least 4 members (excludes halogenated alkanes) is 1. The van der Waals surface area contributed by atoms with Crippen molar-refractivity contribution in [1.82, 2.24) is 35.3 Å². The predicted molar refractivity (Wildman–Crippen MR) is 146 cm³/mol. The number of hydrogen-bond donors (Lipinski definition) is 1. The van der Waals surface area contributed by atoms with Crippen molar-refractivity contribution in [3.63, 3.8) is 0 Å². The molecule has 2 heterocycles. The molecule has 1 unspecified atom stereocenters. The van der Waals surface area contributed by atoms with Crippen molar-refractivity contribution in [1.29, 1.82) is 0 Å². The average Bonchev–Trinajstić information content (AvgIpc) is 3.42. The van der Waals surface area contributed by atoms with E-state index in [-0.39, 0.29) is 12.1 Å². The molecule has 188 valence electrons. The van der Waals surface area contributed by atoms with Crippen molar-refractivity contribution >= 4 is 23.1 Å². The van der Waals surface area contributed by atoms with Gasteiger partial charge in [0.25, 0.3) is 5.91 Å². The van der Waals surface area contributed by atoms with Crippen LogP contribution in [0.1, 0.15) is 38.7 Å². The first-order valence-corrected chi connectivity index (χ1v) is 12.6. The van der Waals surface area contributed by atoms with Crippen LogP contribution in [0.15, 0.2) is 59.8 Å². The zero-order valence-corrected chi connectivity index (χ0v) is 22.3. The van der Waals surface area contributed by atoms with Gasteiger partial charge >= 0.3 is 0 Å². The van der Waals surface area contributed by atoms with Crippen molar-refractivity contribution < 1.29 is 4.79 Å². The molecule has 3 aromatic rings. The van der Waals surface area contributed by atoms with E-state index in [0.29, 0.717) is 22.9 Å². The van der Waals surface area contributed by atoms with Crippen LogP contribution in [0.4, 0.5) is 0 Å².